The van der Waals surface area contributed by atoms with Gasteiger partial charge in [-0.3, -0.25) is 0 Å². The first-order valence-electron chi connectivity index (χ1n) is 5.30. The Bertz CT molecular complexity index is 294. The van der Waals surface area contributed by atoms with Gasteiger partial charge in [0.2, 0.25) is 0 Å². The van der Waals surface area contributed by atoms with Crippen LogP contribution in [0.25, 0.3) is 0 Å². The third kappa shape index (κ3) is 2.62. The van der Waals surface area contributed by atoms with E-state index in [1.807, 2.05) is 12.1 Å². The summed E-state index contributed by atoms with van der Waals surface area (Å²) < 4.78 is 0. The van der Waals surface area contributed by atoms with E-state index in [2.05, 4.69) is 10.3 Å². The summed E-state index contributed by atoms with van der Waals surface area (Å²) in [6.45, 7) is 0.984. The number of hydrogen-bond donors (Lipinski definition) is 2. The summed E-state index contributed by atoms with van der Waals surface area (Å²) in [5.74, 6) is 1.83. The van der Waals surface area contributed by atoms with Gasteiger partial charge in [0.1, 0.15) is 5.82 Å². The quantitative estimate of drug-likeness (QED) is 0.702. The van der Waals surface area contributed by atoms with E-state index in [1.165, 1.54) is 25.7 Å². The van der Waals surface area contributed by atoms with Crippen molar-refractivity contribution in [3.63, 3.8) is 0 Å². The molecule has 1 aliphatic rings. The molecule has 0 bridgehead atoms. The lowest BCUT2D eigenvalue weighted by atomic mass is 10.2. The number of anilines is 2. The lowest BCUT2D eigenvalue weighted by Crippen LogP contribution is -2.05. The molecule has 0 amide bonds. The third-order valence-electron chi connectivity index (χ3n) is 2.62. The van der Waals surface area contributed by atoms with Crippen molar-refractivity contribution in [1.82, 2.24) is 4.98 Å². The SMILES string of the molecule is Nc1cccnc1NCCCC1CC1. The fraction of sp³-hybridized carbons (Fsp3) is 0.545. The summed E-state index contributed by atoms with van der Waals surface area (Å²) in [5.41, 5.74) is 6.49. The van der Waals surface area contributed by atoms with Crippen molar-refractivity contribution >= 4 is 11.5 Å². The van der Waals surface area contributed by atoms with Crippen molar-refractivity contribution in [2.75, 3.05) is 17.6 Å². The van der Waals surface area contributed by atoms with Crippen LogP contribution in [0.4, 0.5) is 11.5 Å². The average Bonchev–Trinajstić information content (AvgIpc) is 2.99. The molecular weight excluding hydrogens is 174 g/mol. The van der Waals surface area contributed by atoms with E-state index in [0.29, 0.717) is 0 Å². The minimum absolute atomic E-state index is 0.735. The van der Waals surface area contributed by atoms with E-state index in [1.54, 1.807) is 6.20 Å². The van der Waals surface area contributed by atoms with Gasteiger partial charge in [0.15, 0.2) is 0 Å². The molecule has 14 heavy (non-hydrogen) atoms. The number of nitrogens with two attached hydrogens (primary N) is 1. The van der Waals surface area contributed by atoms with Gasteiger partial charge in [-0.05, 0) is 30.9 Å². The zero-order chi connectivity index (χ0) is 9.80. The fourth-order valence-corrected chi connectivity index (χ4v) is 1.57. The summed E-state index contributed by atoms with van der Waals surface area (Å²) >= 11 is 0. The number of nitrogen functional groups attached to an aromatic ring is 1. The normalized spacial score (nSPS) is 15.4. The van der Waals surface area contributed by atoms with Gasteiger partial charge in [-0.2, -0.15) is 0 Å². The van der Waals surface area contributed by atoms with E-state index in [0.717, 1.165) is 24.0 Å². The minimum atomic E-state index is 0.735. The highest BCUT2D eigenvalue weighted by Gasteiger charge is 2.19. The van der Waals surface area contributed by atoms with Crippen LogP contribution in [0.2, 0.25) is 0 Å². The van der Waals surface area contributed by atoms with Crippen LogP contribution in [-0.2, 0) is 0 Å². The molecular formula is C11H17N3. The molecule has 0 radical (unpaired) electrons. The van der Waals surface area contributed by atoms with Crippen LogP contribution in [0, 0.1) is 5.92 Å². The summed E-state index contributed by atoms with van der Waals surface area (Å²) in [7, 11) is 0. The van der Waals surface area contributed by atoms with Gasteiger partial charge in [-0.1, -0.05) is 12.8 Å². The third-order valence-corrected chi connectivity index (χ3v) is 2.62. The Morgan fingerprint density at radius 2 is 2.36 bits per heavy atom. The van der Waals surface area contributed by atoms with Crippen LogP contribution in [0.1, 0.15) is 25.7 Å². The van der Waals surface area contributed by atoms with Crippen LogP contribution in [0.3, 0.4) is 0 Å². The number of aromatic nitrogens is 1. The smallest absolute Gasteiger partial charge is 0.149 e. The van der Waals surface area contributed by atoms with Gasteiger partial charge in [0.05, 0.1) is 5.69 Å². The second kappa shape index (κ2) is 4.31. The second-order valence-corrected chi connectivity index (χ2v) is 3.95. The lowest BCUT2D eigenvalue weighted by molar-refractivity contribution is 0.686. The molecule has 1 aromatic rings. The molecule has 76 valence electrons. The molecule has 3 nitrogen and oxygen atoms in total. The fourth-order valence-electron chi connectivity index (χ4n) is 1.57. The summed E-state index contributed by atoms with van der Waals surface area (Å²) in [6.07, 6.45) is 7.21. The topological polar surface area (TPSA) is 50.9 Å². The summed E-state index contributed by atoms with van der Waals surface area (Å²) in [5, 5.41) is 3.26. The summed E-state index contributed by atoms with van der Waals surface area (Å²) in [4.78, 5) is 4.17. The largest absolute Gasteiger partial charge is 0.396 e. The monoisotopic (exact) mass is 191 g/mol. The summed E-state index contributed by atoms with van der Waals surface area (Å²) in [6, 6.07) is 3.72. The molecule has 3 N–H and O–H groups in total. The molecule has 1 fully saturated rings. The number of rotatable bonds is 5. The number of nitrogens with zero attached hydrogens (tertiary/aromatic N) is 1. The molecule has 1 heterocycles. The highest BCUT2D eigenvalue weighted by molar-refractivity contribution is 5.60. The molecule has 2 rings (SSSR count). The van der Waals surface area contributed by atoms with E-state index in [-0.39, 0.29) is 0 Å². The van der Waals surface area contributed by atoms with Crippen LogP contribution >= 0.6 is 0 Å². The maximum atomic E-state index is 5.75. The molecule has 1 aliphatic carbocycles. The highest BCUT2D eigenvalue weighted by atomic mass is 15.0. The molecule has 1 aromatic heterocycles. The number of pyridine rings is 1. The second-order valence-electron chi connectivity index (χ2n) is 3.95. The first-order chi connectivity index (χ1) is 6.86. The predicted molar refractivity (Wildman–Crippen MR) is 59.1 cm³/mol. The first kappa shape index (κ1) is 9.31. The molecule has 0 aromatic carbocycles. The zero-order valence-electron chi connectivity index (χ0n) is 8.37. The standard InChI is InChI=1S/C11H17N3/c12-10-4-2-8-14-11(10)13-7-1-3-9-5-6-9/h2,4,8-9H,1,3,5-7,12H2,(H,13,14). The van der Waals surface area contributed by atoms with Crippen molar-refractivity contribution in [1.29, 1.82) is 0 Å². The van der Waals surface area contributed by atoms with Gasteiger partial charge in [0.25, 0.3) is 0 Å². The number of nitrogens with one attached hydrogen (secondary N) is 1. The van der Waals surface area contributed by atoms with Gasteiger partial charge in [0, 0.05) is 12.7 Å². The Kier molecular flexibility index (Phi) is 2.87. The molecule has 0 spiro atoms. The van der Waals surface area contributed by atoms with Crippen molar-refractivity contribution in [2.24, 2.45) is 5.92 Å². The first-order valence-corrected chi connectivity index (χ1v) is 5.30. The van der Waals surface area contributed by atoms with E-state index < -0.39 is 0 Å². The Morgan fingerprint density at radius 3 is 3.07 bits per heavy atom. The van der Waals surface area contributed by atoms with E-state index in [4.69, 9.17) is 5.73 Å². The van der Waals surface area contributed by atoms with Crippen molar-refractivity contribution in [3.05, 3.63) is 18.3 Å². The van der Waals surface area contributed by atoms with Crippen LogP contribution in [-0.4, -0.2) is 11.5 Å². The van der Waals surface area contributed by atoms with E-state index >= 15 is 0 Å². The lowest BCUT2D eigenvalue weighted by Gasteiger charge is -2.06. The zero-order valence-corrected chi connectivity index (χ0v) is 8.37. The Hall–Kier alpha value is -1.25. The maximum Gasteiger partial charge on any atom is 0.149 e. The number of hydrogen-bond acceptors (Lipinski definition) is 3. The Balaban J connectivity index is 1.71. The average molecular weight is 191 g/mol. The van der Waals surface area contributed by atoms with Gasteiger partial charge in [-0.25, -0.2) is 4.98 Å². The van der Waals surface area contributed by atoms with Crippen LogP contribution in [0.15, 0.2) is 18.3 Å². The van der Waals surface area contributed by atoms with Crippen molar-refractivity contribution in [2.45, 2.75) is 25.7 Å². The highest BCUT2D eigenvalue weighted by Crippen LogP contribution is 2.33. The molecule has 1 saturated carbocycles. The van der Waals surface area contributed by atoms with Crippen molar-refractivity contribution < 1.29 is 0 Å². The molecule has 3 heteroatoms. The molecule has 0 unspecified atom stereocenters. The Labute approximate surface area is 84.7 Å². The van der Waals surface area contributed by atoms with Crippen LogP contribution < -0.4 is 11.1 Å². The minimum Gasteiger partial charge on any atom is -0.396 e. The van der Waals surface area contributed by atoms with Gasteiger partial charge >= 0.3 is 0 Å². The van der Waals surface area contributed by atoms with Gasteiger partial charge < -0.3 is 11.1 Å². The van der Waals surface area contributed by atoms with Crippen molar-refractivity contribution in [3.8, 4) is 0 Å². The predicted octanol–water partition coefficient (Wildman–Crippen LogP) is 2.27. The molecule has 0 aliphatic heterocycles. The Morgan fingerprint density at radius 1 is 1.50 bits per heavy atom. The molecule has 0 saturated heterocycles. The van der Waals surface area contributed by atoms with Gasteiger partial charge in [-0.15, -0.1) is 0 Å². The maximum absolute atomic E-state index is 5.75. The van der Waals surface area contributed by atoms with Crippen LogP contribution in [0.5, 0.6) is 0 Å². The molecule has 0 atom stereocenters. The van der Waals surface area contributed by atoms with E-state index in [9.17, 15) is 0 Å².